The molecule has 0 spiro atoms. The number of rotatable bonds is 3. The van der Waals surface area contributed by atoms with Crippen LogP contribution < -0.4 is 4.90 Å². The van der Waals surface area contributed by atoms with Crippen LogP contribution in [0.25, 0.3) is 0 Å². The van der Waals surface area contributed by atoms with E-state index in [0.29, 0.717) is 31.7 Å². The lowest BCUT2D eigenvalue weighted by atomic mass is 10.0. The first kappa shape index (κ1) is 15.6. The zero-order chi connectivity index (χ0) is 16.2. The summed E-state index contributed by atoms with van der Waals surface area (Å²) < 4.78 is 33.0. The van der Waals surface area contributed by atoms with Gasteiger partial charge < -0.3 is 9.64 Å². The van der Waals surface area contributed by atoms with Gasteiger partial charge in [0, 0.05) is 24.9 Å². The highest BCUT2D eigenvalue weighted by molar-refractivity contribution is 6.06. The second-order valence-electron chi connectivity index (χ2n) is 5.48. The molecule has 3 rings (SSSR count). The molecule has 1 heterocycles. The SMILES string of the molecule is O=C(c1ccccc1F)N(c1cccc(F)c1)C1CCOCC1. The van der Waals surface area contributed by atoms with Gasteiger partial charge in [-0.05, 0) is 43.2 Å². The Morgan fingerprint density at radius 2 is 1.78 bits per heavy atom. The predicted molar refractivity (Wildman–Crippen MR) is 83.5 cm³/mol. The lowest BCUT2D eigenvalue weighted by Gasteiger charge is -2.34. The molecule has 1 fully saturated rings. The van der Waals surface area contributed by atoms with Gasteiger partial charge in [0.05, 0.1) is 5.56 Å². The van der Waals surface area contributed by atoms with E-state index in [0.717, 1.165) is 0 Å². The molecule has 0 saturated carbocycles. The third-order valence-electron chi connectivity index (χ3n) is 3.97. The summed E-state index contributed by atoms with van der Waals surface area (Å²) >= 11 is 0. The molecule has 0 radical (unpaired) electrons. The van der Waals surface area contributed by atoms with Crippen molar-refractivity contribution < 1.29 is 18.3 Å². The zero-order valence-electron chi connectivity index (χ0n) is 12.5. The molecule has 0 unspecified atom stereocenters. The van der Waals surface area contributed by atoms with E-state index in [9.17, 15) is 13.6 Å². The maximum absolute atomic E-state index is 14.0. The van der Waals surface area contributed by atoms with Crippen molar-refractivity contribution in [1.29, 1.82) is 0 Å². The predicted octanol–water partition coefficient (Wildman–Crippen LogP) is 3.79. The van der Waals surface area contributed by atoms with Crippen molar-refractivity contribution in [1.82, 2.24) is 0 Å². The minimum absolute atomic E-state index is 0.0109. The molecule has 5 heteroatoms. The Bertz CT molecular complexity index is 699. The number of anilines is 1. The number of hydrogen-bond acceptors (Lipinski definition) is 2. The number of amides is 1. The van der Waals surface area contributed by atoms with Gasteiger partial charge in [0.25, 0.3) is 5.91 Å². The lowest BCUT2D eigenvalue weighted by molar-refractivity contribution is 0.0770. The van der Waals surface area contributed by atoms with E-state index in [1.165, 1.54) is 35.2 Å². The van der Waals surface area contributed by atoms with Gasteiger partial charge in [0.2, 0.25) is 0 Å². The highest BCUT2D eigenvalue weighted by Crippen LogP contribution is 2.26. The number of hydrogen-bond donors (Lipinski definition) is 0. The van der Waals surface area contributed by atoms with Crippen molar-refractivity contribution in [2.75, 3.05) is 18.1 Å². The van der Waals surface area contributed by atoms with Crippen molar-refractivity contribution in [3.8, 4) is 0 Å². The number of benzene rings is 2. The van der Waals surface area contributed by atoms with E-state index in [4.69, 9.17) is 4.74 Å². The first-order valence-electron chi connectivity index (χ1n) is 7.58. The van der Waals surface area contributed by atoms with Gasteiger partial charge in [-0.25, -0.2) is 8.78 Å². The molecule has 1 aliphatic rings. The molecule has 2 aromatic carbocycles. The van der Waals surface area contributed by atoms with Crippen molar-refractivity contribution in [3.63, 3.8) is 0 Å². The van der Waals surface area contributed by atoms with Crippen LogP contribution in [0.3, 0.4) is 0 Å². The van der Waals surface area contributed by atoms with Crippen molar-refractivity contribution in [2.45, 2.75) is 18.9 Å². The molecule has 1 aliphatic heterocycles. The number of ether oxygens (including phenoxy) is 1. The molecule has 120 valence electrons. The van der Waals surface area contributed by atoms with E-state index in [1.807, 2.05) is 0 Å². The standard InChI is InChI=1S/C18H17F2NO2/c19-13-4-3-5-15(12-13)21(14-8-10-23-11-9-14)18(22)16-6-1-2-7-17(16)20/h1-7,12,14H,8-11H2. The highest BCUT2D eigenvalue weighted by Gasteiger charge is 2.29. The van der Waals surface area contributed by atoms with E-state index >= 15 is 0 Å². The third-order valence-corrected chi connectivity index (χ3v) is 3.97. The number of carbonyl (C=O) groups is 1. The van der Waals surface area contributed by atoms with Crippen LogP contribution in [0.5, 0.6) is 0 Å². The fourth-order valence-electron chi connectivity index (χ4n) is 2.83. The van der Waals surface area contributed by atoms with Crippen molar-refractivity contribution >= 4 is 11.6 Å². The van der Waals surface area contributed by atoms with Gasteiger partial charge in [-0.1, -0.05) is 18.2 Å². The Labute approximate surface area is 133 Å². The van der Waals surface area contributed by atoms with Gasteiger partial charge >= 0.3 is 0 Å². The van der Waals surface area contributed by atoms with Crippen LogP contribution in [0.15, 0.2) is 48.5 Å². The smallest absolute Gasteiger partial charge is 0.261 e. The molecule has 0 atom stereocenters. The van der Waals surface area contributed by atoms with Gasteiger partial charge in [0.15, 0.2) is 0 Å². The lowest BCUT2D eigenvalue weighted by Crippen LogP contribution is -2.44. The first-order chi connectivity index (χ1) is 11.2. The van der Waals surface area contributed by atoms with E-state index in [1.54, 1.807) is 18.2 Å². The van der Waals surface area contributed by atoms with Crippen LogP contribution in [0, 0.1) is 11.6 Å². The van der Waals surface area contributed by atoms with Gasteiger partial charge in [-0.2, -0.15) is 0 Å². The number of nitrogens with zero attached hydrogens (tertiary/aromatic N) is 1. The molecule has 0 aliphatic carbocycles. The summed E-state index contributed by atoms with van der Waals surface area (Å²) in [4.78, 5) is 14.4. The summed E-state index contributed by atoms with van der Waals surface area (Å²) in [6.45, 7) is 1.06. The Balaban J connectivity index is 2.01. The average molecular weight is 317 g/mol. The molecule has 0 bridgehead atoms. The maximum Gasteiger partial charge on any atom is 0.261 e. The Hall–Kier alpha value is -2.27. The van der Waals surface area contributed by atoms with Crippen LogP contribution in [0.2, 0.25) is 0 Å². The molecular weight excluding hydrogens is 300 g/mol. The fraction of sp³-hybridized carbons (Fsp3) is 0.278. The topological polar surface area (TPSA) is 29.5 Å². The number of halogens is 2. The highest BCUT2D eigenvalue weighted by atomic mass is 19.1. The Morgan fingerprint density at radius 1 is 1.04 bits per heavy atom. The van der Waals surface area contributed by atoms with Gasteiger partial charge in [-0.15, -0.1) is 0 Å². The Morgan fingerprint density at radius 3 is 2.48 bits per heavy atom. The second-order valence-corrected chi connectivity index (χ2v) is 5.48. The molecule has 3 nitrogen and oxygen atoms in total. The quantitative estimate of drug-likeness (QED) is 0.862. The normalized spacial score (nSPS) is 15.4. The minimum Gasteiger partial charge on any atom is -0.381 e. The third kappa shape index (κ3) is 3.40. The largest absolute Gasteiger partial charge is 0.381 e. The van der Waals surface area contributed by atoms with Gasteiger partial charge in [0.1, 0.15) is 11.6 Å². The molecule has 1 amide bonds. The van der Waals surface area contributed by atoms with Crippen LogP contribution in [0.1, 0.15) is 23.2 Å². The molecule has 1 saturated heterocycles. The minimum atomic E-state index is -0.578. The summed E-state index contributed by atoms with van der Waals surface area (Å²) in [5.41, 5.74) is 0.424. The summed E-state index contributed by atoms with van der Waals surface area (Å²) in [5.74, 6) is -1.47. The van der Waals surface area contributed by atoms with Crippen molar-refractivity contribution in [3.05, 3.63) is 65.7 Å². The molecular formula is C18H17F2NO2. The summed E-state index contributed by atoms with van der Waals surface area (Å²) in [7, 11) is 0. The van der Waals surface area contributed by atoms with Crippen molar-refractivity contribution in [2.24, 2.45) is 0 Å². The summed E-state index contributed by atoms with van der Waals surface area (Å²) in [6.07, 6.45) is 1.27. The van der Waals surface area contributed by atoms with Crippen LogP contribution in [-0.4, -0.2) is 25.2 Å². The van der Waals surface area contributed by atoms with E-state index in [2.05, 4.69) is 0 Å². The molecule has 23 heavy (non-hydrogen) atoms. The van der Waals surface area contributed by atoms with E-state index in [-0.39, 0.29) is 11.6 Å². The first-order valence-corrected chi connectivity index (χ1v) is 7.58. The molecule has 0 aromatic heterocycles. The summed E-state index contributed by atoms with van der Waals surface area (Å²) in [6, 6.07) is 11.5. The monoisotopic (exact) mass is 317 g/mol. The summed E-state index contributed by atoms with van der Waals surface area (Å²) in [5, 5.41) is 0. The molecule has 2 aromatic rings. The van der Waals surface area contributed by atoms with Gasteiger partial charge in [-0.3, -0.25) is 4.79 Å². The Kier molecular flexibility index (Phi) is 4.67. The molecule has 0 N–H and O–H groups in total. The zero-order valence-corrected chi connectivity index (χ0v) is 12.5. The van der Waals surface area contributed by atoms with Crippen LogP contribution in [-0.2, 0) is 4.74 Å². The van der Waals surface area contributed by atoms with Crippen LogP contribution in [0.4, 0.5) is 14.5 Å². The van der Waals surface area contributed by atoms with Crippen LogP contribution >= 0.6 is 0 Å². The fourth-order valence-corrected chi connectivity index (χ4v) is 2.83. The van der Waals surface area contributed by atoms with E-state index < -0.39 is 17.5 Å². The second kappa shape index (κ2) is 6.87. The maximum atomic E-state index is 14.0. The average Bonchev–Trinajstić information content (AvgIpc) is 2.56. The number of carbonyl (C=O) groups excluding carboxylic acids is 1.